The first-order valence-electron chi connectivity index (χ1n) is 5.38. The van der Waals surface area contributed by atoms with Gasteiger partial charge in [0.2, 0.25) is 0 Å². The van der Waals surface area contributed by atoms with E-state index in [4.69, 9.17) is 12.2 Å². The molecule has 1 aliphatic heterocycles. The average molecular weight is 217 g/mol. The van der Waals surface area contributed by atoms with Crippen LogP contribution in [0.2, 0.25) is 0 Å². The number of thiocarbonyl (C=S) groups is 1. The van der Waals surface area contributed by atoms with Crippen LogP contribution in [0.3, 0.4) is 0 Å². The lowest BCUT2D eigenvalue weighted by Crippen LogP contribution is -2.23. The van der Waals surface area contributed by atoms with Crippen molar-refractivity contribution in [3.63, 3.8) is 0 Å². The first kappa shape index (κ1) is 10.4. The van der Waals surface area contributed by atoms with Crippen molar-refractivity contribution in [1.29, 1.82) is 0 Å². The molecule has 1 aromatic rings. The van der Waals surface area contributed by atoms with Gasteiger partial charge >= 0.3 is 0 Å². The second-order valence-electron chi connectivity index (χ2n) is 3.78. The molecule has 0 radical (unpaired) electrons. The van der Waals surface area contributed by atoms with Crippen molar-refractivity contribution in [2.75, 3.05) is 13.1 Å². The smallest absolute Gasteiger partial charge is 0.101 e. The van der Waals surface area contributed by atoms with E-state index in [0.717, 1.165) is 18.1 Å². The van der Waals surface area contributed by atoms with Crippen LogP contribution in [-0.2, 0) is 0 Å². The zero-order valence-corrected chi connectivity index (χ0v) is 9.54. The molecule has 0 atom stereocenters. The van der Waals surface area contributed by atoms with E-state index < -0.39 is 0 Å². The highest BCUT2D eigenvalue weighted by Gasteiger charge is 2.11. The van der Waals surface area contributed by atoms with Gasteiger partial charge in [-0.1, -0.05) is 48.6 Å². The van der Waals surface area contributed by atoms with Crippen molar-refractivity contribution in [1.82, 2.24) is 4.90 Å². The lowest BCUT2D eigenvalue weighted by Gasteiger charge is -2.14. The molecule has 78 valence electrons. The maximum Gasteiger partial charge on any atom is 0.101 e. The van der Waals surface area contributed by atoms with Gasteiger partial charge in [0, 0.05) is 13.1 Å². The SMILES string of the molecule is S=C(/C=C/c1ccccc1)N1CCCC1. The molecule has 1 aromatic carbocycles. The summed E-state index contributed by atoms with van der Waals surface area (Å²) in [6.45, 7) is 2.25. The Morgan fingerprint density at radius 2 is 1.80 bits per heavy atom. The molecule has 0 spiro atoms. The van der Waals surface area contributed by atoms with Gasteiger partial charge < -0.3 is 4.90 Å². The van der Waals surface area contributed by atoms with Gasteiger partial charge in [-0.2, -0.15) is 0 Å². The van der Waals surface area contributed by atoms with Gasteiger partial charge in [0.15, 0.2) is 0 Å². The van der Waals surface area contributed by atoms with Crippen molar-refractivity contribution in [3.05, 3.63) is 42.0 Å². The third kappa shape index (κ3) is 2.90. The van der Waals surface area contributed by atoms with Gasteiger partial charge in [-0.3, -0.25) is 0 Å². The van der Waals surface area contributed by atoms with Crippen molar-refractivity contribution in [2.24, 2.45) is 0 Å². The number of rotatable bonds is 2. The fourth-order valence-corrected chi connectivity index (χ4v) is 2.03. The Hall–Kier alpha value is -1.15. The monoisotopic (exact) mass is 217 g/mol. The Labute approximate surface area is 96.4 Å². The van der Waals surface area contributed by atoms with Crippen LogP contribution in [-0.4, -0.2) is 23.0 Å². The maximum atomic E-state index is 5.35. The quantitative estimate of drug-likeness (QED) is 0.553. The molecule has 0 amide bonds. The van der Waals surface area contributed by atoms with E-state index >= 15 is 0 Å². The molecule has 15 heavy (non-hydrogen) atoms. The normalized spacial score (nSPS) is 16.1. The highest BCUT2D eigenvalue weighted by atomic mass is 32.1. The number of benzene rings is 1. The highest BCUT2D eigenvalue weighted by Crippen LogP contribution is 2.10. The molecule has 0 aliphatic carbocycles. The Morgan fingerprint density at radius 1 is 1.13 bits per heavy atom. The summed E-state index contributed by atoms with van der Waals surface area (Å²) >= 11 is 5.35. The van der Waals surface area contributed by atoms with Crippen molar-refractivity contribution < 1.29 is 0 Å². The van der Waals surface area contributed by atoms with Gasteiger partial charge in [0.05, 0.1) is 0 Å². The minimum absolute atomic E-state index is 0.969. The first-order valence-corrected chi connectivity index (χ1v) is 5.79. The van der Waals surface area contributed by atoms with E-state index in [1.165, 1.54) is 18.4 Å². The van der Waals surface area contributed by atoms with Gasteiger partial charge in [-0.05, 0) is 24.5 Å². The van der Waals surface area contributed by atoms with Gasteiger partial charge in [0.25, 0.3) is 0 Å². The van der Waals surface area contributed by atoms with Gasteiger partial charge in [-0.15, -0.1) is 0 Å². The van der Waals surface area contributed by atoms with E-state index in [1.807, 2.05) is 24.3 Å². The molecule has 0 bridgehead atoms. The molecule has 0 aromatic heterocycles. The second kappa shape index (κ2) is 5.08. The van der Waals surface area contributed by atoms with Crippen LogP contribution < -0.4 is 0 Å². The van der Waals surface area contributed by atoms with Gasteiger partial charge in [-0.25, -0.2) is 0 Å². The van der Waals surface area contributed by atoms with Crippen LogP contribution in [0, 0.1) is 0 Å². The standard InChI is InChI=1S/C13H15NS/c15-13(14-10-4-5-11-14)9-8-12-6-2-1-3-7-12/h1-3,6-9H,4-5,10-11H2/b9-8+. The van der Waals surface area contributed by atoms with E-state index in [1.54, 1.807) is 0 Å². The van der Waals surface area contributed by atoms with E-state index in [2.05, 4.69) is 23.1 Å². The molecule has 0 unspecified atom stereocenters. The minimum atomic E-state index is 0.969. The Bertz CT molecular complexity index is 350. The van der Waals surface area contributed by atoms with E-state index in [9.17, 15) is 0 Å². The molecular weight excluding hydrogens is 202 g/mol. The second-order valence-corrected chi connectivity index (χ2v) is 4.19. The lowest BCUT2D eigenvalue weighted by molar-refractivity contribution is 0.532. The zero-order chi connectivity index (χ0) is 10.5. The molecule has 1 heterocycles. The fourth-order valence-electron chi connectivity index (χ4n) is 1.77. The summed E-state index contributed by atoms with van der Waals surface area (Å²) in [5.41, 5.74) is 1.21. The molecule has 0 N–H and O–H groups in total. The lowest BCUT2D eigenvalue weighted by atomic mass is 10.2. The van der Waals surface area contributed by atoms with Crippen LogP contribution in [0.4, 0.5) is 0 Å². The largest absolute Gasteiger partial charge is 0.363 e. The van der Waals surface area contributed by atoms with Crippen LogP contribution in [0.25, 0.3) is 6.08 Å². The predicted octanol–water partition coefficient (Wildman–Crippen LogP) is 3.12. The zero-order valence-electron chi connectivity index (χ0n) is 8.73. The van der Waals surface area contributed by atoms with E-state index in [-0.39, 0.29) is 0 Å². The Balaban J connectivity index is 1.96. The molecule has 1 saturated heterocycles. The van der Waals surface area contributed by atoms with Crippen LogP contribution in [0.15, 0.2) is 36.4 Å². The van der Waals surface area contributed by atoms with Crippen LogP contribution in [0.5, 0.6) is 0 Å². The number of likely N-dealkylation sites (tertiary alicyclic amines) is 1. The van der Waals surface area contributed by atoms with Crippen molar-refractivity contribution in [2.45, 2.75) is 12.8 Å². The average Bonchev–Trinajstić information content (AvgIpc) is 2.81. The Kier molecular flexibility index (Phi) is 3.51. The number of nitrogens with zero attached hydrogens (tertiary/aromatic N) is 1. The summed E-state index contributed by atoms with van der Waals surface area (Å²) in [6, 6.07) is 10.3. The number of hydrogen-bond donors (Lipinski definition) is 0. The first-order chi connectivity index (χ1) is 7.36. The van der Waals surface area contributed by atoms with Gasteiger partial charge in [0.1, 0.15) is 4.99 Å². The maximum absolute atomic E-state index is 5.35. The third-order valence-electron chi connectivity index (χ3n) is 2.64. The summed E-state index contributed by atoms with van der Waals surface area (Å²) < 4.78 is 0. The molecular formula is C13H15NS. The molecule has 0 saturated carbocycles. The van der Waals surface area contributed by atoms with E-state index in [0.29, 0.717) is 0 Å². The topological polar surface area (TPSA) is 3.24 Å². The third-order valence-corrected chi connectivity index (χ3v) is 3.03. The molecule has 1 fully saturated rings. The summed E-state index contributed by atoms with van der Waals surface area (Å²) in [6.07, 6.45) is 6.68. The summed E-state index contributed by atoms with van der Waals surface area (Å²) in [5, 5.41) is 0. The summed E-state index contributed by atoms with van der Waals surface area (Å²) in [5.74, 6) is 0. The van der Waals surface area contributed by atoms with Crippen molar-refractivity contribution >= 4 is 23.3 Å². The fraction of sp³-hybridized carbons (Fsp3) is 0.308. The molecule has 1 nitrogen and oxygen atoms in total. The molecule has 2 rings (SSSR count). The van der Waals surface area contributed by atoms with Crippen LogP contribution >= 0.6 is 12.2 Å². The number of hydrogen-bond acceptors (Lipinski definition) is 1. The minimum Gasteiger partial charge on any atom is -0.363 e. The predicted molar refractivity (Wildman–Crippen MR) is 68.9 cm³/mol. The Morgan fingerprint density at radius 3 is 2.47 bits per heavy atom. The highest BCUT2D eigenvalue weighted by molar-refractivity contribution is 7.80. The van der Waals surface area contributed by atoms with Crippen LogP contribution in [0.1, 0.15) is 18.4 Å². The van der Waals surface area contributed by atoms with Crippen molar-refractivity contribution in [3.8, 4) is 0 Å². The molecule has 1 aliphatic rings. The summed E-state index contributed by atoms with van der Waals surface area (Å²) in [7, 11) is 0. The molecule has 2 heteroatoms. The summed E-state index contributed by atoms with van der Waals surface area (Å²) in [4.78, 5) is 3.24.